The predicted molar refractivity (Wildman–Crippen MR) is 106 cm³/mol. The Balaban J connectivity index is -0.000000439. The van der Waals surface area contributed by atoms with E-state index in [1.165, 1.54) is 77.0 Å². The van der Waals surface area contributed by atoms with Crippen molar-refractivity contribution in [3.63, 3.8) is 0 Å². The molecule has 1 nitrogen and oxygen atoms in total. The molecule has 0 unspecified atom stereocenters. The molecular formula is C20H46ClN. The van der Waals surface area contributed by atoms with Crippen molar-refractivity contribution in [1.82, 2.24) is 6.15 Å². The summed E-state index contributed by atoms with van der Waals surface area (Å²) in [5.41, 5.74) is 0. The van der Waals surface area contributed by atoms with E-state index in [-0.39, 0.29) is 6.15 Å². The molecule has 0 heterocycles. The van der Waals surface area contributed by atoms with Gasteiger partial charge >= 0.3 is 0 Å². The van der Waals surface area contributed by atoms with Crippen LogP contribution in [0.2, 0.25) is 0 Å². The van der Waals surface area contributed by atoms with E-state index in [0.717, 1.165) is 17.7 Å². The molecule has 3 N–H and O–H groups in total. The molecule has 0 atom stereocenters. The van der Waals surface area contributed by atoms with E-state index in [1.807, 2.05) is 0 Å². The lowest BCUT2D eigenvalue weighted by molar-refractivity contribution is 0.457. The summed E-state index contributed by atoms with van der Waals surface area (Å²) in [6.45, 7) is 11.2. The number of alkyl halides is 1. The number of hydrogen-bond donors (Lipinski definition) is 1. The average Bonchev–Trinajstić information content (AvgIpc) is 2.45. The fourth-order valence-corrected chi connectivity index (χ4v) is 2.12. The van der Waals surface area contributed by atoms with E-state index in [9.17, 15) is 0 Å². The minimum absolute atomic E-state index is 0. The second-order valence-electron chi connectivity index (χ2n) is 7.07. The second-order valence-corrected chi connectivity index (χ2v) is 7.44. The maximum atomic E-state index is 5.62. The lowest BCUT2D eigenvalue weighted by atomic mass is 10.0. The zero-order valence-corrected chi connectivity index (χ0v) is 17.2. The smallest absolute Gasteiger partial charge is 0.0223 e. The molecule has 22 heavy (non-hydrogen) atoms. The van der Waals surface area contributed by atoms with E-state index < -0.39 is 0 Å². The van der Waals surface area contributed by atoms with E-state index in [0.29, 0.717) is 0 Å². The van der Waals surface area contributed by atoms with Gasteiger partial charge in [0, 0.05) is 5.88 Å². The summed E-state index contributed by atoms with van der Waals surface area (Å²) in [6, 6.07) is 0. The second kappa shape index (κ2) is 23.5. The zero-order chi connectivity index (χ0) is 16.3. The molecule has 0 rings (SSSR count). The van der Waals surface area contributed by atoms with Gasteiger partial charge in [-0.3, -0.25) is 0 Å². The maximum Gasteiger partial charge on any atom is 0.0223 e. The summed E-state index contributed by atoms with van der Waals surface area (Å²) in [5, 5.41) is 0. The molecule has 0 fully saturated rings. The average molecular weight is 336 g/mol. The molecule has 0 aromatic heterocycles. The lowest BCUT2D eigenvalue weighted by Gasteiger charge is -2.05. The Bertz CT molecular complexity index is 151. The van der Waals surface area contributed by atoms with Gasteiger partial charge in [-0.2, -0.15) is 0 Å². The Hall–Kier alpha value is 0.250. The van der Waals surface area contributed by atoms with Gasteiger partial charge in [-0.15, -0.1) is 11.6 Å². The van der Waals surface area contributed by atoms with Crippen LogP contribution >= 0.6 is 11.6 Å². The van der Waals surface area contributed by atoms with Gasteiger partial charge in [0.25, 0.3) is 0 Å². The molecule has 0 aliphatic rings. The van der Waals surface area contributed by atoms with Gasteiger partial charge in [0.1, 0.15) is 0 Å². The molecule has 138 valence electrons. The Morgan fingerprint density at radius 2 is 0.818 bits per heavy atom. The van der Waals surface area contributed by atoms with Crippen LogP contribution in [0, 0.1) is 11.8 Å². The van der Waals surface area contributed by atoms with Crippen LogP contribution in [0.15, 0.2) is 0 Å². The van der Waals surface area contributed by atoms with Gasteiger partial charge in [-0.05, 0) is 18.3 Å². The van der Waals surface area contributed by atoms with Crippen molar-refractivity contribution in [3.05, 3.63) is 0 Å². The summed E-state index contributed by atoms with van der Waals surface area (Å²) < 4.78 is 0. The molecular weight excluding hydrogens is 290 g/mol. The Labute approximate surface area is 147 Å². The predicted octanol–water partition coefficient (Wildman–Crippen LogP) is 8.39. The fraction of sp³-hybridized carbons (Fsp3) is 1.00. The first-order valence-electron chi connectivity index (χ1n) is 9.62. The van der Waals surface area contributed by atoms with E-state index in [1.54, 1.807) is 0 Å². The van der Waals surface area contributed by atoms with Crippen LogP contribution in [0.5, 0.6) is 0 Å². The summed E-state index contributed by atoms with van der Waals surface area (Å²) in [6.07, 6.45) is 16.9. The number of hydrogen-bond acceptors (Lipinski definition) is 1. The van der Waals surface area contributed by atoms with Crippen molar-refractivity contribution in [2.75, 3.05) is 5.88 Å². The Morgan fingerprint density at radius 1 is 0.545 bits per heavy atom. The van der Waals surface area contributed by atoms with Crippen molar-refractivity contribution in [2.45, 2.75) is 112 Å². The van der Waals surface area contributed by atoms with Gasteiger partial charge in [-0.25, -0.2) is 0 Å². The van der Waals surface area contributed by atoms with Crippen molar-refractivity contribution in [3.8, 4) is 0 Å². The molecule has 0 amide bonds. The van der Waals surface area contributed by atoms with Crippen molar-refractivity contribution in [1.29, 1.82) is 0 Å². The van der Waals surface area contributed by atoms with Crippen molar-refractivity contribution in [2.24, 2.45) is 11.8 Å². The number of unbranched alkanes of at least 4 members (excludes halogenated alkanes) is 11. The van der Waals surface area contributed by atoms with Crippen LogP contribution in [0.3, 0.4) is 0 Å². The summed E-state index contributed by atoms with van der Waals surface area (Å²) in [5.74, 6) is 2.55. The fourth-order valence-electron chi connectivity index (χ4n) is 1.94. The van der Waals surface area contributed by atoms with Crippen LogP contribution in [-0.4, -0.2) is 5.88 Å². The SMILES string of the molecule is CC(C)C(C)C.CCCCCCCCCCCCCCCl.N. The van der Waals surface area contributed by atoms with Gasteiger partial charge in [-0.1, -0.05) is 105 Å². The van der Waals surface area contributed by atoms with Gasteiger partial charge < -0.3 is 6.15 Å². The van der Waals surface area contributed by atoms with Crippen LogP contribution in [0.4, 0.5) is 0 Å². The Kier molecular flexibility index (Phi) is 29.0. The highest BCUT2D eigenvalue weighted by Gasteiger charge is 1.95. The van der Waals surface area contributed by atoms with Gasteiger partial charge in [0.05, 0.1) is 0 Å². The summed E-state index contributed by atoms with van der Waals surface area (Å²) in [4.78, 5) is 0. The molecule has 0 spiro atoms. The van der Waals surface area contributed by atoms with Crippen LogP contribution in [0.1, 0.15) is 112 Å². The number of halogens is 1. The van der Waals surface area contributed by atoms with Crippen molar-refractivity contribution < 1.29 is 0 Å². The molecule has 0 saturated carbocycles. The zero-order valence-electron chi connectivity index (χ0n) is 16.4. The molecule has 0 aliphatic heterocycles. The molecule has 2 heteroatoms. The van der Waals surface area contributed by atoms with E-state index >= 15 is 0 Å². The minimum Gasteiger partial charge on any atom is -0.344 e. The maximum absolute atomic E-state index is 5.62. The highest BCUT2D eigenvalue weighted by Crippen LogP contribution is 2.11. The molecule has 0 saturated heterocycles. The van der Waals surface area contributed by atoms with Crippen LogP contribution in [0.25, 0.3) is 0 Å². The quantitative estimate of drug-likeness (QED) is 0.266. The van der Waals surface area contributed by atoms with E-state index in [4.69, 9.17) is 11.6 Å². The summed E-state index contributed by atoms with van der Waals surface area (Å²) in [7, 11) is 0. The molecule has 0 aromatic carbocycles. The molecule has 0 aliphatic carbocycles. The summed E-state index contributed by atoms with van der Waals surface area (Å²) >= 11 is 5.62. The van der Waals surface area contributed by atoms with Crippen molar-refractivity contribution >= 4 is 11.6 Å². The normalized spacial score (nSPS) is 10.4. The highest BCUT2D eigenvalue weighted by molar-refractivity contribution is 6.17. The molecule has 0 radical (unpaired) electrons. The topological polar surface area (TPSA) is 35.0 Å². The first-order valence-corrected chi connectivity index (χ1v) is 10.2. The third kappa shape index (κ3) is 28.4. The lowest BCUT2D eigenvalue weighted by Crippen LogP contribution is -1.95. The largest absolute Gasteiger partial charge is 0.344 e. The molecule has 0 bridgehead atoms. The standard InChI is InChI=1S/C14H29Cl.C6H14.H3N/c1-2-3-4-5-6-7-8-9-10-11-12-13-14-15;1-5(2)6(3)4;/h2-14H2,1H3;5-6H,1-4H3;1H3. The van der Waals surface area contributed by atoms with Crippen LogP contribution < -0.4 is 6.15 Å². The van der Waals surface area contributed by atoms with Gasteiger partial charge in [0.2, 0.25) is 0 Å². The first-order chi connectivity index (χ1) is 10.1. The molecule has 0 aromatic rings. The Morgan fingerprint density at radius 3 is 1.05 bits per heavy atom. The van der Waals surface area contributed by atoms with E-state index in [2.05, 4.69) is 34.6 Å². The first kappa shape index (κ1) is 27.1. The highest BCUT2D eigenvalue weighted by atomic mass is 35.5. The minimum atomic E-state index is 0. The number of rotatable bonds is 13. The third-order valence-electron chi connectivity index (χ3n) is 4.32. The monoisotopic (exact) mass is 335 g/mol. The van der Waals surface area contributed by atoms with Gasteiger partial charge in [0.15, 0.2) is 0 Å². The third-order valence-corrected chi connectivity index (χ3v) is 4.59. The van der Waals surface area contributed by atoms with Crippen LogP contribution in [-0.2, 0) is 0 Å².